The van der Waals surface area contributed by atoms with Crippen molar-refractivity contribution in [2.45, 2.75) is 77.4 Å². The van der Waals surface area contributed by atoms with Gasteiger partial charge in [-0.15, -0.1) is 0 Å². The van der Waals surface area contributed by atoms with Crippen molar-refractivity contribution in [3.8, 4) is 5.88 Å². The number of nitrogens with one attached hydrogen (secondary N) is 1. The van der Waals surface area contributed by atoms with Crippen LogP contribution in [0.4, 0.5) is 4.79 Å². The van der Waals surface area contributed by atoms with E-state index in [1.807, 2.05) is 18.7 Å². The first-order chi connectivity index (χ1) is 18.5. The van der Waals surface area contributed by atoms with E-state index >= 15 is 0 Å². The van der Waals surface area contributed by atoms with Crippen LogP contribution in [0.15, 0.2) is 10.9 Å². The van der Waals surface area contributed by atoms with E-state index in [1.165, 1.54) is 15.5 Å². The zero-order valence-corrected chi connectivity index (χ0v) is 22.6. The molecular formula is C27H36N6O6. The van der Waals surface area contributed by atoms with Gasteiger partial charge in [0.2, 0.25) is 11.8 Å². The van der Waals surface area contributed by atoms with Crippen LogP contribution in [0.1, 0.15) is 74.0 Å². The number of hydrogen-bond donors (Lipinski definition) is 3. The number of aryl methyl sites for hydroxylation is 1. The second kappa shape index (κ2) is 10.0. The maximum atomic E-state index is 13.4. The number of amides is 3. The van der Waals surface area contributed by atoms with Crippen molar-refractivity contribution in [2.24, 2.45) is 5.92 Å². The first kappa shape index (κ1) is 26.8. The van der Waals surface area contributed by atoms with Crippen LogP contribution in [0.2, 0.25) is 0 Å². The molecule has 4 heterocycles. The van der Waals surface area contributed by atoms with E-state index in [9.17, 15) is 29.4 Å². The summed E-state index contributed by atoms with van der Waals surface area (Å²) in [6.07, 6.45) is 6.73. The Kier molecular flexibility index (Phi) is 6.90. The maximum Gasteiger partial charge on any atom is 0.407 e. The van der Waals surface area contributed by atoms with Crippen molar-refractivity contribution in [1.29, 1.82) is 0 Å². The van der Waals surface area contributed by atoms with E-state index in [0.717, 1.165) is 30.2 Å². The SMILES string of the molecule is Cc1nn2c(=O)c(C(=O)NC3CC3)c(O)n(CC(C)C)c2c1C=CC(=O)N1CCCC12CCN(C(=O)O)CC2. The molecule has 1 spiro atoms. The van der Waals surface area contributed by atoms with Crippen molar-refractivity contribution in [3.63, 3.8) is 0 Å². The average molecular weight is 541 g/mol. The number of piperidine rings is 1. The van der Waals surface area contributed by atoms with Crippen LogP contribution in [0.25, 0.3) is 11.7 Å². The summed E-state index contributed by atoms with van der Waals surface area (Å²) in [4.78, 5) is 54.2. The van der Waals surface area contributed by atoms with Crippen LogP contribution >= 0.6 is 0 Å². The molecule has 1 aliphatic carbocycles. The molecule has 0 radical (unpaired) electrons. The highest BCUT2D eigenvalue weighted by Gasteiger charge is 2.45. The largest absolute Gasteiger partial charge is 0.494 e. The zero-order chi connectivity index (χ0) is 28.1. The number of rotatable bonds is 6. The van der Waals surface area contributed by atoms with Gasteiger partial charge in [0.25, 0.3) is 11.5 Å². The number of carbonyl (C=O) groups excluding carboxylic acids is 2. The fourth-order valence-corrected chi connectivity index (χ4v) is 5.94. The minimum absolute atomic E-state index is 0.0136. The Morgan fingerprint density at radius 3 is 2.46 bits per heavy atom. The first-order valence-corrected chi connectivity index (χ1v) is 13.7. The summed E-state index contributed by atoms with van der Waals surface area (Å²) in [7, 11) is 0. The molecular weight excluding hydrogens is 504 g/mol. The lowest BCUT2D eigenvalue weighted by atomic mass is 9.85. The van der Waals surface area contributed by atoms with Crippen LogP contribution < -0.4 is 10.9 Å². The van der Waals surface area contributed by atoms with E-state index in [1.54, 1.807) is 13.0 Å². The number of aromatic hydroxyl groups is 1. The highest BCUT2D eigenvalue weighted by atomic mass is 16.4. The lowest BCUT2D eigenvalue weighted by Gasteiger charge is -2.44. The third-order valence-electron chi connectivity index (χ3n) is 8.13. The van der Waals surface area contributed by atoms with Crippen LogP contribution in [-0.4, -0.2) is 83.3 Å². The molecule has 12 nitrogen and oxygen atoms in total. The van der Waals surface area contributed by atoms with Gasteiger partial charge in [-0.05, 0) is 57.4 Å². The minimum Gasteiger partial charge on any atom is -0.494 e. The molecule has 0 unspecified atom stereocenters. The topological polar surface area (TPSA) is 149 Å². The number of aromatic nitrogens is 3. The molecule has 210 valence electrons. The molecule has 5 rings (SSSR count). The van der Waals surface area contributed by atoms with Gasteiger partial charge in [-0.3, -0.25) is 19.0 Å². The summed E-state index contributed by atoms with van der Waals surface area (Å²) in [6.45, 7) is 7.36. The van der Waals surface area contributed by atoms with Gasteiger partial charge in [0.15, 0.2) is 5.56 Å². The van der Waals surface area contributed by atoms with Gasteiger partial charge >= 0.3 is 6.09 Å². The van der Waals surface area contributed by atoms with Crippen LogP contribution in [0, 0.1) is 12.8 Å². The Morgan fingerprint density at radius 2 is 1.85 bits per heavy atom. The Labute approximate surface area is 225 Å². The van der Waals surface area contributed by atoms with Gasteiger partial charge in [-0.2, -0.15) is 9.61 Å². The van der Waals surface area contributed by atoms with Gasteiger partial charge in [-0.25, -0.2) is 4.79 Å². The Morgan fingerprint density at radius 1 is 1.15 bits per heavy atom. The van der Waals surface area contributed by atoms with Gasteiger partial charge in [0.1, 0.15) is 5.65 Å². The molecule has 2 aromatic rings. The minimum atomic E-state index is -0.937. The van der Waals surface area contributed by atoms with Crippen molar-refractivity contribution < 1.29 is 24.6 Å². The van der Waals surface area contributed by atoms with E-state index in [2.05, 4.69) is 10.4 Å². The lowest BCUT2D eigenvalue weighted by molar-refractivity contribution is -0.131. The molecule has 0 aromatic carbocycles. The normalized spacial score (nSPS) is 19.1. The van der Waals surface area contributed by atoms with E-state index in [-0.39, 0.29) is 29.0 Å². The number of fused-ring (bicyclic) bond motifs is 1. The predicted octanol–water partition coefficient (Wildman–Crippen LogP) is 2.21. The molecule has 3 N–H and O–H groups in total. The van der Waals surface area contributed by atoms with Crippen LogP contribution in [0.3, 0.4) is 0 Å². The van der Waals surface area contributed by atoms with E-state index < -0.39 is 23.4 Å². The quantitative estimate of drug-likeness (QED) is 0.476. The number of carboxylic acid groups (broad SMARTS) is 1. The Bertz CT molecular complexity index is 1410. The molecule has 12 heteroatoms. The summed E-state index contributed by atoms with van der Waals surface area (Å²) in [6, 6.07) is 0.0136. The van der Waals surface area contributed by atoms with Crippen LogP contribution in [-0.2, 0) is 11.3 Å². The number of hydrogen-bond acceptors (Lipinski definition) is 6. The molecule has 2 aromatic heterocycles. The molecule has 2 aliphatic heterocycles. The van der Waals surface area contributed by atoms with E-state index in [0.29, 0.717) is 55.9 Å². The molecule has 39 heavy (non-hydrogen) atoms. The monoisotopic (exact) mass is 540 g/mol. The Balaban J connectivity index is 1.49. The molecule has 3 aliphatic rings. The number of nitrogens with zero attached hydrogens (tertiary/aromatic N) is 5. The highest BCUT2D eigenvalue weighted by molar-refractivity contribution is 5.97. The van der Waals surface area contributed by atoms with E-state index in [4.69, 9.17) is 0 Å². The molecule has 0 atom stereocenters. The second-order valence-electron chi connectivity index (χ2n) is 11.4. The number of likely N-dealkylation sites (tertiary alicyclic amines) is 2. The third-order valence-corrected chi connectivity index (χ3v) is 8.13. The number of carbonyl (C=O) groups is 3. The second-order valence-corrected chi connectivity index (χ2v) is 11.4. The van der Waals surface area contributed by atoms with Crippen LogP contribution in [0.5, 0.6) is 5.88 Å². The fourth-order valence-electron chi connectivity index (χ4n) is 5.94. The summed E-state index contributed by atoms with van der Waals surface area (Å²) in [5, 5.41) is 27.6. The molecule has 2 saturated heterocycles. The smallest absolute Gasteiger partial charge is 0.407 e. The van der Waals surface area contributed by atoms with Crippen molar-refractivity contribution >= 4 is 29.6 Å². The Hall–Kier alpha value is -3.83. The summed E-state index contributed by atoms with van der Waals surface area (Å²) in [5.74, 6) is -1.13. The summed E-state index contributed by atoms with van der Waals surface area (Å²) >= 11 is 0. The molecule has 1 saturated carbocycles. The molecule has 3 amide bonds. The fraction of sp³-hybridized carbons (Fsp3) is 0.593. The maximum absolute atomic E-state index is 13.4. The standard InChI is InChI=1S/C27H36N6O6/c1-16(2)15-31-23-19(17(3)29-33(23)25(37)21(24(31)36)22(35)28-18-5-6-18)7-8-20(34)32-12-4-9-27(32)10-13-30(14-11-27)26(38)39/h7-8,16,18,36H,4-6,9-15H2,1-3H3,(H,28,35)(H,38,39). The third kappa shape index (κ3) is 4.87. The summed E-state index contributed by atoms with van der Waals surface area (Å²) in [5.41, 5.74) is -0.0835. The molecule has 0 bridgehead atoms. The molecule has 3 fully saturated rings. The van der Waals surface area contributed by atoms with Crippen molar-refractivity contribution in [3.05, 3.63) is 33.3 Å². The van der Waals surface area contributed by atoms with Crippen molar-refractivity contribution in [2.75, 3.05) is 19.6 Å². The average Bonchev–Trinajstić information content (AvgIpc) is 3.50. The van der Waals surface area contributed by atoms with Crippen molar-refractivity contribution in [1.82, 2.24) is 29.3 Å². The van der Waals surface area contributed by atoms with Gasteiger partial charge in [0, 0.05) is 49.4 Å². The zero-order valence-electron chi connectivity index (χ0n) is 22.6. The highest BCUT2D eigenvalue weighted by Crippen LogP contribution is 2.39. The van der Waals surface area contributed by atoms with Gasteiger partial charge < -0.3 is 25.3 Å². The van der Waals surface area contributed by atoms with Gasteiger partial charge in [-0.1, -0.05) is 13.8 Å². The predicted molar refractivity (Wildman–Crippen MR) is 143 cm³/mol. The first-order valence-electron chi connectivity index (χ1n) is 13.7. The van der Waals surface area contributed by atoms with Gasteiger partial charge in [0.05, 0.1) is 5.69 Å². The lowest BCUT2D eigenvalue weighted by Crippen LogP contribution is -2.54. The summed E-state index contributed by atoms with van der Waals surface area (Å²) < 4.78 is 2.67.